The van der Waals surface area contributed by atoms with Crippen LogP contribution < -0.4 is 5.73 Å². The summed E-state index contributed by atoms with van der Waals surface area (Å²) < 4.78 is 15.2. The molecule has 1 aromatic heterocycles. The average molecular weight is 229 g/mol. The van der Waals surface area contributed by atoms with E-state index in [1.54, 1.807) is 7.11 Å². The molecule has 92 valence electrons. The first kappa shape index (κ1) is 13.1. The summed E-state index contributed by atoms with van der Waals surface area (Å²) in [5.74, 6) is 1.09. The molecule has 0 fully saturated rings. The van der Waals surface area contributed by atoms with Crippen LogP contribution in [0.2, 0.25) is 0 Å². The molecule has 0 aliphatic carbocycles. The number of ether oxygens (including phenoxy) is 2. The summed E-state index contributed by atoms with van der Waals surface area (Å²) >= 11 is 0. The van der Waals surface area contributed by atoms with Crippen molar-refractivity contribution in [1.82, 2.24) is 10.1 Å². The largest absolute Gasteiger partial charge is 0.383 e. The van der Waals surface area contributed by atoms with Crippen molar-refractivity contribution in [3.63, 3.8) is 0 Å². The monoisotopic (exact) mass is 229 g/mol. The van der Waals surface area contributed by atoms with Crippen molar-refractivity contribution in [2.24, 2.45) is 5.73 Å². The minimum absolute atomic E-state index is 0.325. The maximum Gasteiger partial charge on any atom is 0.226 e. The highest BCUT2D eigenvalue weighted by Gasteiger charge is 2.13. The third kappa shape index (κ3) is 4.26. The number of hydrogen-bond donors (Lipinski definition) is 1. The average Bonchev–Trinajstić information content (AvgIpc) is 2.73. The fraction of sp³-hybridized carbons (Fsp3) is 0.800. The van der Waals surface area contributed by atoms with Crippen molar-refractivity contribution in [1.29, 1.82) is 0 Å². The first-order chi connectivity index (χ1) is 7.77. The SMILES string of the molecule is CCOCCCc1nc(C(N)COC)no1. The van der Waals surface area contributed by atoms with Gasteiger partial charge in [0.25, 0.3) is 0 Å². The zero-order chi connectivity index (χ0) is 11.8. The van der Waals surface area contributed by atoms with Crippen LogP contribution in [0.25, 0.3) is 0 Å². The molecule has 0 bridgehead atoms. The molecule has 1 aromatic rings. The fourth-order valence-corrected chi connectivity index (χ4v) is 1.24. The number of methoxy groups -OCH3 is 1. The van der Waals surface area contributed by atoms with Gasteiger partial charge in [-0.1, -0.05) is 5.16 Å². The minimum atomic E-state index is -0.325. The summed E-state index contributed by atoms with van der Waals surface area (Å²) in [6.07, 6.45) is 1.59. The van der Waals surface area contributed by atoms with Gasteiger partial charge >= 0.3 is 0 Å². The van der Waals surface area contributed by atoms with Crippen LogP contribution in [-0.2, 0) is 15.9 Å². The molecule has 0 amide bonds. The number of hydrogen-bond acceptors (Lipinski definition) is 6. The minimum Gasteiger partial charge on any atom is -0.383 e. The second-order valence-electron chi connectivity index (χ2n) is 3.41. The highest BCUT2D eigenvalue weighted by molar-refractivity contribution is 4.92. The lowest BCUT2D eigenvalue weighted by Crippen LogP contribution is -2.17. The highest BCUT2D eigenvalue weighted by atomic mass is 16.5. The summed E-state index contributed by atoms with van der Waals surface area (Å²) in [5.41, 5.74) is 5.76. The molecule has 1 unspecified atom stereocenters. The van der Waals surface area contributed by atoms with E-state index in [-0.39, 0.29) is 6.04 Å². The Hall–Kier alpha value is -0.980. The molecule has 0 spiro atoms. The first-order valence-corrected chi connectivity index (χ1v) is 5.42. The maximum absolute atomic E-state index is 5.76. The van der Waals surface area contributed by atoms with Gasteiger partial charge in [0.05, 0.1) is 12.6 Å². The van der Waals surface area contributed by atoms with E-state index >= 15 is 0 Å². The van der Waals surface area contributed by atoms with Gasteiger partial charge in [0.15, 0.2) is 5.82 Å². The third-order valence-corrected chi connectivity index (χ3v) is 2.05. The highest BCUT2D eigenvalue weighted by Crippen LogP contribution is 2.07. The van der Waals surface area contributed by atoms with Crippen LogP contribution in [0.15, 0.2) is 4.52 Å². The van der Waals surface area contributed by atoms with Gasteiger partial charge in [-0.15, -0.1) is 0 Å². The molecule has 0 saturated carbocycles. The van der Waals surface area contributed by atoms with E-state index in [1.165, 1.54) is 0 Å². The van der Waals surface area contributed by atoms with Gasteiger partial charge in [-0.3, -0.25) is 0 Å². The second kappa shape index (κ2) is 7.32. The Balaban J connectivity index is 2.33. The normalized spacial score (nSPS) is 12.9. The smallest absolute Gasteiger partial charge is 0.226 e. The van der Waals surface area contributed by atoms with Crippen LogP contribution >= 0.6 is 0 Å². The number of aromatic nitrogens is 2. The zero-order valence-electron chi connectivity index (χ0n) is 9.81. The molecule has 6 heteroatoms. The first-order valence-electron chi connectivity index (χ1n) is 5.42. The number of nitrogens with two attached hydrogens (primary N) is 1. The van der Waals surface area contributed by atoms with Gasteiger partial charge in [0.1, 0.15) is 0 Å². The molecule has 0 radical (unpaired) electrons. The van der Waals surface area contributed by atoms with E-state index in [2.05, 4.69) is 10.1 Å². The summed E-state index contributed by atoms with van der Waals surface area (Å²) in [5, 5.41) is 3.80. The van der Waals surface area contributed by atoms with Crippen molar-refractivity contribution >= 4 is 0 Å². The molecule has 0 aromatic carbocycles. The second-order valence-corrected chi connectivity index (χ2v) is 3.41. The van der Waals surface area contributed by atoms with Gasteiger partial charge in [-0.05, 0) is 13.3 Å². The van der Waals surface area contributed by atoms with Crippen LogP contribution in [0.4, 0.5) is 0 Å². The van der Waals surface area contributed by atoms with Gasteiger partial charge in [0, 0.05) is 26.7 Å². The van der Waals surface area contributed by atoms with E-state index in [0.717, 1.165) is 13.0 Å². The van der Waals surface area contributed by atoms with Crippen LogP contribution in [0.1, 0.15) is 31.1 Å². The van der Waals surface area contributed by atoms with Gasteiger partial charge in [0.2, 0.25) is 5.89 Å². The number of nitrogens with zero attached hydrogens (tertiary/aromatic N) is 2. The Bertz CT molecular complexity index is 291. The predicted molar refractivity (Wildman–Crippen MR) is 57.9 cm³/mol. The van der Waals surface area contributed by atoms with Gasteiger partial charge in [-0.2, -0.15) is 4.98 Å². The Morgan fingerprint density at radius 2 is 2.31 bits per heavy atom. The lowest BCUT2D eigenvalue weighted by molar-refractivity contribution is 0.143. The molecule has 1 heterocycles. The molecular formula is C10H19N3O3. The Morgan fingerprint density at radius 1 is 1.50 bits per heavy atom. The van der Waals surface area contributed by atoms with Crippen LogP contribution in [0.3, 0.4) is 0 Å². The van der Waals surface area contributed by atoms with Crippen molar-refractivity contribution in [3.05, 3.63) is 11.7 Å². The molecular weight excluding hydrogens is 210 g/mol. The molecule has 1 atom stereocenters. The molecule has 1 rings (SSSR count). The predicted octanol–water partition coefficient (Wildman–Crippen LogP) is 0.685. The summed E-state index contributed by atoms with van der Waals surface area (Å²) in [6, 6.07) is -0.325. The van der Waals surface area contributed by atoms with E-state index in [4.69, 9.17) is 19.7 Å². The van der Waals surface area contributed by atoms with Crippen molar-refractivity contribution in [3.8, 4) is 0 Å². The molecule has 0 aliphatic heterocycles. The van der Waals surface area contributed by atoms with E-state index in [9.17, 15) is 0 Å². The molecule has 6 nitrogen and oxygen atoms in total. The number of aryl methyl sites for hydroxylation is 1. The van der Waals surface area contributed by atoms with Crippen molar-refractivity contribution < 1.29 is 14.0 Å². The van der Waals surface area contributed by atoms with Crippen molar-refractivity contribution in [2.75, 3.05) is 26.9 Å². The Labute approximate surface area is 95.1 Å². The van der Waals surface area contributed by atoms with Crippen molar-refractivity contribution in [2.45, 2.75) is 25.8 Å². The molecule has 0 saturated heterocycles. The van der Waals surface area contributed by atoms with E-state index in [1.807, 2.05) is 6.92 Å². The lowest BCUT2D eigenvalue weighted by atomic mass is 10.3. The summed E-state index contributed by atoms with van der Waals surface area (Å²) in [6.45, 7) is 3.79. The lowest BCUT2D eigenvalue weighted by Gasteiger charge is -2.03. The van der Waals surface area contributed by atoms with E-state index < -0.39 is 0 Å². The van der Waals surface area contributed by atoms with Crippen LogP contribution in [0.5, 0.6) is 0 Å². The van der Waals surface area contributed by atoms with Crippen LogP contribution in [0, 0.1) is 0 Å². The summed E-state index contributed by atoms with van der Waals surface area (Å²) in [7, 11) is 1.59. The topological polar surface area (TPSA) is 83.4 Å². The molecule has 16 heavy (non-hydrogen) atoms. The standard InChI is InChI=1S/C10H19N3O3/c1-3-15-6-4-5-9-12-10(13-16-9)8(11)7-14-2/h8H,3-7,11H2,1-2H3. The molecule has 0 aliphatic rings. The fourth-order valence-electron chi connectivity index (χ4n) is 1.24. The van der Waals surface area contributed by atoms with Gasteiger partial charge in [-0.25, -0.2) is 0 Å². The quantitative estimate of drug-likeness (QED) is 0.660. The van der Waals surface area contributed by atoms with Crippen LogP contribution in [-0.4, -0.2) is 37.1 Å². The zero-order valence-corrected chi connectivity index (χ0v) is 9.81. The summed E-state index contributed by atoms with van der Waals surface area (Å²) in [4.78, 5) is 4.19. The Kier molecular flexibility index (Phi) is 5.99. The maximum atomic E-state index is 5.76. The number of rotatable bonds is 8. The molecule has 2 N–H and O–H groups in total. The van der Waals surface area contributed by atoms with E-state index in [0.29, 0.717) is 31.3 Å². The Morgan fingerprint density at radius 3 is 3.00 bits per heavy atom. The third-order valence-electron chi connectivity index (χ3n) is 2.05. The van der Waals surface area contributed by atoms with Gasteiger partial charge < -0.3 is 19.7 Å².